The van der Waals surface area contributed by atoms with Crippen LogP contribution in [0.5, 0.6) is 5.75 Å². The van der Waals surface area contributed by atoms with Crippen LogP contribution < -0.4 is 14.5 Å². The van der Waals surface area contributed by atoms with E-state index < -0.39 is 5.67 Å². The summed E-state index contributed by atoms with van der Waals surface area (Å²) in [5, 5.41) is 10.3. The van der Waals surface area contributed by atoms with Crippen molar-refractivity contribution in [1.82, 2.24) is 9.97 Å². The molecule has 7 heteroatoms. The van der Waals surface area contributed by atoms with Crippen LogP contribution in [0.2, 0.25) is 0 Å². The monoisotopic (exact) mass is 494 g/mol. The molecule has 0 amide bonds. The number of aliphatic hydroxyl groups is 1. The van der Waals surface area contributed by atoms with E-state index >= 15 is 4.39 Å². The number of benzene rings is 2. The number of rotatable bonds is 7. The number of aliphatic hydroxyl groups excluding tert-OH is 1. The minimum atomic E-state index is -1.39. The molecule has 1 N–H and O–H groups in total. The maximum Gasteiger partial charge on any atom is 0.170 e. The number of fused-ring (bicyclic) bond motifs is 1. The highest BCUT2D eigenvalue weighted by Gasteiger charge is 2.48. The zero-order valence-corrected chi connectivity index (χ0v) is 22.2. The van der Waals surface area contributed by atoms with Crippen LogP contribution >= 0.6 is 0 Å². The van der Waals surface area contributed by atoms with Gasteiger partial charge in [-0.1, -0.05) is 26.0 Å². The molecule has 1 saturated heterocycles. The van der Waals surface area contributed by atoms with E-state index in [2.05, 4.69) is 41.1 Å². The minimum absolute atomic E-state index is 0.0805. The Morgan fingerprint density at radius 1 is 1.11 bits per heavy atom. The summed E-state index contributed by atoms with van der Waals surface area (Å²) in [5.41, 5.74) is 2.82. The van der Waals surface area contributed by atoms with Gasteiger partial charge in [-0.25, -0.2) is 14.4 Å². The summed E-state index contributed by atoms with van der Waals surface area (Å²) >= 11 is 0. The van der Waals surface area contributed by atoms with E-state index in [1.54, 1.807) is 7.11 Å². The average Bonchev–Trinajstić information content (AvgIpc) is 3.67. The molecule has 36 heavy (non-hydrogen) atoms. The third-order valence-electron chi connectivity index (χ3n) is 7.25. The third kappa shape index (κ3) is 5.26. The SMILES string of the molecule is CC.COc1cc(C)ccc1C1CCN(c2nc(C3(F)CC3)nc3ccc(N(C)CCO)cc23)CC1. The molecule has 0 radical (unpaired) electrons. The van der Waals surface area contributed by atoms with E-state index in [1.165, 1.54) is 11.1 Å². The Balaban J connectivity index is 0.00000148. The normalized spacial score (nSPS) is 16.9. The lowest BCUT2D eigenvalue weighted by Gasteiger charge is -2.34. The zero-order valence-electron chi connectivity index (χ0n) is 22.2. The fourth-order valence-electron chi connectivity index (χ4n) is 4.95. The van der Waals surface area contributed by atoms with Gasteiger partial charge in [-0.05, 0) is 73.9 Å². The first-order valence-electron chi connectivity index (χ1n) is 13.1. The van der Waals surface area contributed by atoms with Crippen molar-refractivity contribution in [3.05, 3.63) is 53.3 Å². The highest BCUT2D eigenvalue weighted by molar-refractivity contribution is 5.92. The van der Waals surface area contributed by atoms with E-state index in [4.69, 9.17) is 9.72 Å². The number of methoxy groups -OCH3 is 1. The van der Waals surface area contributed by atoms with E-state index in [0.29, 0.717) is 31.1 Å². The van der Waals surface area contributed by atoms with E-state index in [9.17, 15) is 5.11 Å². The molecular weight excluding hydrogens is 455 g/mol. The van der Waals surface area contributed by atoms with Crippen molar-refractivity contribution < 1.29 is 14.2 Å². The number of likely N-dealkylation sites (N-methyl/N-ethyl adjacent to an activating group) is 1. The minimum Gasteiger partial charge on any atom is -0.496 e. The second-order valence-corrected chi connectivity index (χ2v) is 9.69. The molecule has 1 aliphatic heterocycles. The van der Waals surface area contributed by atoms with Crippen molar-refractivity contribution in [1.29, 1.82) is 0 Å². The Morgan fingerprint density at radius 2 is 1.83 bits per heavy atom. The molecule has 1 saturated carbocycles. The van der Waals surface area contributed by atoms with Gasteiger partial charge >= 0.3 is 0 Å². The summed E-state index contributed by atoms with van der Waals surface area (Å²) in [4.78, 5) is 13.7. The van der Waals surface area contributed by atoms with Gasteiger partial charge in [0.1, 0.15) is 11.6 Å². The second kappa shape index (κ2) is 11.0. The van der Waals surface area contributed by atoms with Crippen molar-refractivity contribution in [3.63, 3.8) is 0 Å². The highest BCUT2D eigenvalue weighted by atomic mass is 19.1. The van der Waals surface area contributed by atoms with Crippen LogP contribution in [-0.2, 0) is 5.67 Å². The Morgan fingerprint density at radius 3 is 2.47 bits per heavy atom. The fourth-order valence-corrected chi connectivity index (χ4v) is 4.95. The number of alkyl halides is 1. The van der Waals surface area contributed by atoms with Gasteiger partial charge in [0.2, 0.25) is 0 Å². The first-order chi connectivity index (χ1) is 17.4. The summed E-state index contributed by atoms with van der Waals surface area (Å²) in [5.74, 6) is 2.51. The topological polar surface area (TPSA) is 61.7 Å². The molecule has 5 rings (SSSR count). The molecule has 0 bridgehead atoms. The van der Waals surface area contributed by atoms with Crippen molar-refractivity contribution in [2.45, 2.75) is 58.0 Å². The molecule has 0 spiro atoms. The van der Waals surface area contributed by atoms with E-state index in [1.807, 2.05) is 37.9 Å². The predicted octanol–water partition coefficient (Wildman–Crippen LogP) is 5.74. The smallest absolute Gasteiger partial charge is 0.170 e. The Labute approximate surface area is 214 Å². The van der Waals surface area contributed by atoms with E-state index in [-0.39, 0.29) is 6.61 Å². The number of aromatic nitrogens is 2. The number of hydrogen-bond donors (Lipinski definition) is 1. The fraction of sp³-hybridized carbons (Fsp3) is 0.517. The molecule has 2 fully saturated rings. The Bertz CT molecular complexity index is 1190. The molecule has 0 atom stereocenters. The standard InChI is InChI=1S/C27H33FN4O2.C2H6/c1-18-4-6-21(24(16-18)34-3)19-8-12-32(13-9-19)25-22-17-20(31(2)14-15-33)5-7-23(22)29-26(30-25)27(28)10-11-27;1-2/h4-7,16-17,19,33H,8-15H2,1-3H3;1-2H3. The molecular formula is C29H39FN4O2. The summed E-state index contributed by atoms with van der Waals surface area (Å²) in [6.07, 6.45) is 2.94. The van der Waals surface area contributed by atoms with Gasteiger partial charge in [0.05, 0.1) is 19.2 Å². The molecule has 2 aliphatic rings. The lowest BCUT2D eigenvalue weighted by atomic mass is 9.88. The van der Waals surface area contributed by atoms with Gasteiger partial charge in [0.25, 0.3) is 0 Å². The van der Waals surface area contributed by atoms with Crippen LogP contribution in [0.4, 0.5) is 15.9 Å². The molecule has 3 aromatic rings. The highest BCUT2D eigenvalue weighted by Crippen LogP contribution is 2.49. The van der Waals surface area contributed by atoms with Gasteiger partial charge in [0.15, 0.2) is 11.5 Å². The van der Waals surface area contributed by atoms with Crippen molar-refractivity contribution in [2.75, 3.05) is 50.2 Å². The van der Waals surface area contributed by atoms with Crippen molar-refractivity contribution >= 4 is 22.4 Å². The average molecular weight is 495 g/mol. The molecule has 0 unspecified atom stereocenters. The van der Waals surface area contributed by atoms with E-state index in [0.717, 1.165) is 54.1 Å². The lowest BCUT2D eigenvalue weighted by molar-refractivity contribution is 0.301. The molecule has 6 nitrogen and oxygen atoms in total. The second-order valence-electron chi connectivity index (χ2n) is 9.69. The third-order valence-corrected chi connectivity index (χ3v) is 7.25. The zero-order chi connectivity index (χ0) is 25.9. The number of hydrogen-bond acceptors (Lipinski definition) is 6. The number of halogens is 1. The first kappa shape index (κ1) is 26.1. The van der Waals surface area contributed by atoms with Crippen LogP contribution in [0.3, 0.4) is 0 Å². The maximum atomic E-state index is 15.0. The van der Waals surface area contributed by atoms with Crippen molar-refractivity contribution in [2.24, 2.45) is 0 Å². The summed E-state index contributed by atoms with van der Waals surface area (Å²) < 4.78 is 20.7. The van der Waals surface area contributed by atoms with Gasteiger partial charge in [-0.3, -0.25) is 0 Å². The van der Waals surface area contributed by atoms with Crippen LogP contribution in [-0.4, -0.2) is 55.5 Å². The van der Waals surface area contributed by atoms with Crippen LogP contribution in [0.25, 0.3) is 10.9 Å². The Hall–Kier alpha value is -2.93. The lowest BCUT2D eigenvalue weighted by Crippen LogP contribution is -2.34. The largest absolute Gasteiger partial charge is 0.496 e. The number of nitrogens with zero attached hydrogens (tertiary/aromatic N) is 4. The molecule has 2 heterocycles. The van der Waals surface area contributed by atoms with Gasteiger partial charge in [-0.15, -0.1) is 0 Å². The molecule has 194 valence electrons. The molecule has 2 aromatic carbocycles. The number of piperidine rings is 1. The molecule has 1 aromatic heterocycles. The quantitative estimate of drug-likeness (QED) is 0.452. The summed E-state index contributed by atoms with van der Waals surface area (Å²) in [6.45, 7) is 8.37. The van der Waals surface area contributed by atoms with Gasteiger partial charge < -0.3 is 19.6 Å². The molecule has 1 aliphatic carbocycles. The summed E-state index contributed by atoms with van der Waals surface area (Å²) in [6, 6.07) is 12.4. The van der Waals surface area contributed by atoms with Gasteiger partial charge in [-0.2, -0.15) is 0 Å². The van der Waals surface area contributed by atoms with Crippen molar-refractivity contribution in [3.8, 4) is 5.75 Å². The van der Waals surface area contributed by atoms with Crippen LogP contribution in [0.1, 0.15) is 62.4 Å². The number of anilines is 2. The summed E-state index contributed by atoms with van der Waals surface area (Å²) in [7, 11) is 3.69. The number of ether oxygens (including phenoxy) is 1. The number of aryl methyl sites for hydroxylation is 1. The maximum absolute atomic E-state index is 15.0. The van der Waals surface area contributed by atoms with Gasteiger partial charge in [0, 0.05) is 37.8 Å². The predicted molar refractivity (Wildman–Crippen MR) is 145 cm³/mol. The first-order valence-corrected chi connectivity index (χ1v) is 13.1. The van der Waals surface area contributed by atoms with Crippen LogP contribution in [0, 0.1) is 6.92 Å². The Kier molecular flexibility index (Phi) is 7.98. The van der Waals surface area contributed by atoms with Crippen LogP contribution in [0.15, 0.2) is 36.4 Å².